The van der Waals surface area contributed by atoms with Gasteiger partial charge < -0.3 is 9.80 Å². The van der Waals surface area contributed by atoms with E-state index in [1.54, 1.807) is 24.0 Å². The number of nitrogens with one attached hydrogen (secondary N) is 1. The molecule has 0 aromatic heterocycles. The summed E-state index contributed by atoms with van der Waals surface area (Å²) in [4.78, 5) is 17.3. The van der Waals surface area contributed by atoms with Gasteiger partial charge in [-0.05, 0) is 70.3 Å². The molecule has 1 aliphatic rings. The fourth-order valence-electron chi connectivity index (χ4n) is 4.13. The maximum atomic E-state index is 13.1. The second kappa shape index (κ2) is 11.8. The van der Waals surface area contributed by atoms with Crippen molar-refractivity contribution in [3.8, 4) is 0 Å². The molecule has 0 aliphatic carbocycles. The fourth-order valence-corrected chi connectivity index (χ4v) is 5.64. The zero-order chi connectivity index (χ0) is 22.1. The largest absolute Gasteiger partial charge is 0.339 e. The number of carbonyl (C=O) groups excluding carboxylic acids is 1. The fraction of sp³-hybridized carbons (Fsp3) is 0.696. The Morgan fingerprint density at radius 1 is 1.10 bits per heavy atom. The van der Waals surface area contributed by atoms with Gasteiger partial charge in [-0.1, -0.05) is 32.8 Å². The molecule has 7 heteroatoms. The van der Waals surface area contributed by atoms with Gasteiger partial charge in [0.15, 0.2) is 0 Å². The lowest BCUT2D eigenvalue weighted by atomic mass is 10.1. The third-order valence-corrected chi connectivity index (χ3v) is 7.32. The molecule has 1 atom stereocenters. The predicted octanol–water partition coefficient (Wildman–Crippen LogP) is 3.80. The van der Waals surface area contributed by atoms with Crippen molar-refractivity contribution in [3.63, 3.8) is 0 Å². The van der Waals surface area contributed by atoms with E-state index in [4.69, 9.17) is 0 Å². The molecule has 1 fully saturated rings. The summed E-state index contributed by atoms with van der Waals surface area (Å²) in [6, 6.07) is 4.81. The monoisotopic (exact) mass is 437 g/mol. The van der Waals surface area contributed by atoms with Crippen molar-refractivity contribution >= 4 is 15.9 Å². The molecular weight excluding hydrogens is 398 g/mol. The average Bonchev–Trinajstić information content (AvgIpc) is 2.95. The van der Waals surface area contributed by atoms with Crippen LogP contribution in [-0.4, -0.2) is 62.9 Å². The van der Waals surface area contributed by atoms with E-state index in [-0.39, 0.29) is 16.8 Å². The number of nitrogens with zero attached hydrogens (tertiary/aromatic N) is 2. The van der Waals surface area contributed by atoms with Gasteiger partial charge in [0.1, 0.15) is 0 Å². The van der Waals surface area contributed by atoms with Crippen molar-refractivity contribution in [1.29, 1.82) is 0 Å². The Morgan fingerprint density at radius 3 is 2.27 bits per heavy atom. The van der Waals surface area contributed by atoms with Crippen LogP contribution in [0, 0.1) is 6.92 Å². The van der Waals surface area contributed by atoms with Crippen molar-refractivity contribution in [2.45, 2.75) is 77.2 Å². The summed E-state index contributed by atoms with van der Waals surface area (Å²) >= 11 is 0. The van der Waals surface area contributed by atoms with Crippen LogP contribution in [0.2, 0.25) is 0 Å². The summed E-state index contributed by atoms with van der Waals surface area (Å²) in [5.74, 6) is -0.104. The molecule has 1 saturated heterocycles. The molecule has 0 saturated carbocycles. The van der Waals surface area contributed by atoms with Crippen LogP contribution >= 0.6 is 0 Å². The minimum atomic E-state index is -3.70. The van der Waals surface area contributed by atoms with E-state index < -0.39 is 10.0 Å². The lowest BCUT2D eigenvalue weighted by Gasteiger charge is -2.25. The molecule has 0 unspecified atom stereocenters. The van der Waals surface area contributed by atoms with Crippen LogP contribution in [0.4, 0.5) is 0 Å². The molecule has 1 amide bonds. The highest BCUT2D eigenvalue weighted by atomic mass is 32.2. The third-order valence-electron chi connectivity index (χ3n) is 5.59. The van der Waals surface area contributed by atoms with Gasteiger partial charge in [0.2, 0.25) is 10.0 Å². The van der Waals surface area contributed by atoms with Gasteiger partial charge in [0.25, 0.3) is 5.91 Å². The summed E-state index contributed by atoms with van der Waals surface area (Å²) < 4.78 is 29.1. The minimum Gasteiger partial charge on any atom is -0.339 e. The van der Waals surface area contributed by atoms with Crippen LogP contribution < -0.4 is 4.72 Å². The summed E-state index contributed by atoms with van der Waals surface area (Å²) in [5, 5.41) is 0. The highest BCUT2D eigenvalue weighted by molar-refractivity contribution is 7.89. The number of likely N-dealkylation sites (tertiary alicyclic amines) is 1. The van der Waals surface area contributed by atoms with Crippen LogP contribution in [0.1, 0.15) is 75.2 Å². The molecule has 0 bridgehead atoms. The van der Waals surface area contributed by atoms with E-state index in [9.17, 15) is 13.2 Å². The zero-order valence-corrected chi connectivity index (χ0v) is 19.9. The smallest absolute Gasteiger partial charge is 0.253 e. The Hall–Kier alpha value is -1.44. The highest BCUT2D eigenvalue weighted by Gasteiger charge is 2.24. The van der Waals surface area contributed by atoms with Crippen LogP contribution in [0.15, 0.2) is 23.1 Å². The second-order valence-corrected chi connectivity index (χ2v) is 10.2. The number of benzene rings is 1. The van der Waals surface area contributed by atoms with Crippen LogP contribution in [-0.2, 0) is 10.0 Å². The molecule has 1 N–H and O–H groups in total. The van der Waals surface area contributed by atoms with Gasteiger partial charge in [-0.2, -0.15) is 0 Å². The Bertz CT molecular complexity index is 781. The third kappa shape index (κ3) is 7.06. The minimum absolute atomic E-state index is 0.104. The summed E-state index contributed by atoms with van der Waals surface area (Å²) in [6.45, 7) is 11.9. The molecule has 1 aromatic carbocycles. The molecule has 6 nitrogen and oxygen atoms in total. The number of sulfonamides is 1. The van der Waals surface area contributed by atoms with E-state index in [1.807, 2.05) is 20.8 Å². The highest BCUT2D eigenvalue weighted by Crippen LogP contribution is 2.19. The maximum Gasteiger partial charge on any atom is 0.253 e. The number of carbonyl (C=O) groups is 1. The topological polar surface area (TPSA) is 69.7 Å². The number of aryl methyl sites for hydroxylation is 1. The first-order valence-corrected chi connectivity index (χ1v) is 12.9. The van der Waals surface area contributed by atoms with Gasteiger partial charge in [-0.25, -0.2) is 13.1 Å². The normalized spacial score (nSPS) is 16.8. The van der Waals surface area contributed by atoms with Gasteiger partial charge in [-0.3, -0.25) is 4.79 Å². The van der Waals surface area contributed by atoms with E-state index in [0.29, 0.717) is 30.8 Å². The molecule has 1 aromatic rings. The van der Waals surface area contributed by atoms with Gasteiger partial charge in [0.05, 0.1) is 4.90 Å². The first-order chi connectivity index (χ1) is 14.3. The number of hydrogen-bond acceptors (Lipinski definition) is 4. The first kappa shape index (κ1) is 24.8. The van der Waals surface area contributed by atoms with Crippen LogP contribution in [0.3, 0.4) is 0 Å². The van der Waals surface area contributed by atoms with Crippen molar-refractivity contribution in [1.82, 2.24) is 14.5 Å². The number of amides is 1. The Labute approximate surface area is 183 Å². The van der Waals surface area contributed by atoms with Crippen LogP contribution in [0.25, 0.3) is 0 Å². The number of hydrogen-bond donors (Lipinski definition) is 1. The van der Waals surface area contributed by atoms with Gasteiger partial charge >= 0.3 is 0 Å². The zero-order valence-electron chi connectivity index (χ0n) is 19.1. The standard InChI is InChI=1S/C23H39N3O3S/c1-5-13-26(14-6-2)23(27)21-12-11-19(3)22(17-21)30(28,29)24-20(4)18-25-15-9-7-8-10-16-25/h11-12,17,20,24H,5-10,13-16,18H2,1-4H3/t20-/m1/s1. The van der Waals surface area contributed by atoms with Gasteiger partial charge in [0, 0.05) is 31.2 Å². The average molecular weight is 438 g/mol. The predicted molar refractivity (Wildman–Crippen MR) is 122 cm³/mol. The van der Waals surface area contributed by atoms with Crippen molar-refractivity contribution in [2.75, 3.05) is 32.7 Å². The molecule has 30 heavy (non-hydrogen) atoms. The molecule has 0 radical (unpaired) electrons. The van der Waals surface area contributed by atoms with Crippen molar-refractivity contribution < 1.29 is 13.2 Å². The van der Waals surface area contributed by atoms with E-state index in [0.717, 1.165) is 25.9 Å². The molecule has 2 rings (SSSR count). The molecule has 1 aliphatic heterocycles. The van der Waals surface area contributed by atoms with Crippen molar-refractivity contribution in [2.24, 2.45) is 0 Å². The summed E-state index contributed by atoms with van der Waals surface area (Å²) in [7, 11) is -3.70. The summed E-state index contributed by atoms with van der Waals surface area (Å²) in [5.41, 5.74) is 1.08. The maximum absolute atomic E-state index is 13.1. The van der Waals surface area contributed by atoms with Gasteiger partial charge in [-0.15, -0.1) is 0 Å². The lowest BCUT2D eigenvalue weighted by molar-refractivity contribution is 0.0755. The molecule has 170 valence electrons. The van der Waals surface area contributed by atoms with Crippen LogP contribution in [0.5, 0.6) is 0 Å². The Balaban J connectivity index is 2.15. The quantitative estimate of drug-likeness (QED) is 0.604. The molecule has 1 heterocycles. The Kier molecular flexibility index (Phi) is 9.78. The van der Waals surface area contributed by atoms with E-state index in [1.165, 1.54) is 31.7 Å². The number of rotatable bonds is 10. The lowest BCUT2D eigenvalue weighted by Crippen LogP contribution is -2.42. The van der Waals surface area contributed by atoms with Crippen molar-refractivity contribution in [3.05, 3.63) is 29.3 Å². The SMILES string of the molecule is CCCN(CCC)C(=O)c1ccc(C)c(S(=O)(=O)N[C@H](C)CN2CCCCCC2)c1. The van der Waals surface area contributed by atoms with E-state index in [2.05, 4.69) is 9.62 Å². The second-order valence-electron chi connectivity index (χ2n) is 8.51. The van der Waals surface area contributed by atoms with E-state index >= 15 is 0 Å². The Morgan fingerprint density at radius 2 is 1.70 bits per heavy atom. The molecule has 0 spiro atoms. The summed E-state index contributed by atoms with van der Waals surface area (Å²) in [6.07, 6.45) is 6.60. The first-order valence-electron chi connectivity index (χ1n) is 11.4. The molecular formula is C23H39N3O3S.